The molecule has 1 saturated heterocycles. The Kier molecular flexibility index (Phi) is 5.67. The molecule has 0 radical (unpaired) electrons. The summed E-state index contributed by atoms with van der Waals surface area (Å²) >= 11 is 0.920. The normalized spacial score (nSPS) is 14.4. The Bertz CT molecular complexity index is 743. The van der Waals surface area contributed by atoms with Gasteiger partial charge >= 0.3 is 0 Å². The molecule has 132 valence electrons. The fraction of sp³-hybridized carbons (Fsp3) is 0.375. The van der Waals surface area contributed by atoms with Gasteiger partial charge in [0.15, 0.2) is 0 Å². The highest BCUT2D eigenvalue weighted by Gasteiger charge is 2.18. The molecule has 1 fully saturated rings. The quantitative estimate of drug-likeness (QED) is 0.817. The lowest BCUT2D eigenvalue weighted by atomic mass is 10.3. The highest BCUT2D eigenvalue weighted by molar-refractivity contribution is 7.15. The summed E-state index contributed by atoms with van der Waals surface area (Å²) in [6.45, 7) is 3.49. The number of nitrogens with zero attached hydrogens (tertiary/aromatic N) is 3. The fourth-order valence-corrected chi connectivity index (χ4v) is 3.19. The van der Waals surface area contributed by atoms with Crippen LogP contribution in [0.25, 0.3) is 0 Å². The monoisotopic (exact) mass is 363 g/mol. The minimum atomic E-state index is -0.486. The minimum absolute atomic E-state index is 0.0778. The lowest BCUT2D eigenvalue weighted by Crippen LogP contribution is -2.33. The standard InChI is InChI=1S/C16H18FN5O2S/c17-11-3-5-12(6-4-11)19-14(24)16-21-20-15(25-16)13(23)18-7-10-22-8-1-2-9-22/h3-6H,1-2,7-10H2,(H,18,23)(H,19,24). The molecule has 0 unspecified atom stereocenters. The summed E-state index contributed by atoms with van der Waals surface area (Å²) in [6.07, 6.45) is 2.41. The van der Waals surface area contributed by atoms with Gasteiger partial charge in [-0.3, -0.25) is 9.59 Å². The largest absolute Gasteiger partial charge is 0.349 e. The van der Waals surface area contributed by atoms with E-state index in [9.17, 15) is 14.0 Å². The van der Waals surface area contributed by atoms with E-state index < -0.39 is 5.91 Å². The molecule has 1 aromatic carbocycles. The van der Waals surface area contributed by atoms with Crippen molar-refractivity contribution in [1.29, 1.82) is 0 Å². The molecular weight excluding hydrogens is 345 g/mol. The molecule has 0 bridgehead atoms. The molecule has 0 aliphatic carbocycles. The van der Waals surface area contributed by atoms with Crippen molar-refractivity contribution in [3.05, 3.63) is 40.1 Å². The zero-order valence-electron chi connectivity index (χ0n) is 13.5. The van der Waals surface area contributed by atoms with Gasteiger partial charge in [-0.2, -0.15) is 0 Å². The van der Waals surface area contributed by atoms with E-state index in [-0.39, 0.29) is 21.7 Å². The van der Waals surface area contributed by atoms with Crippen molar-refractivity contribution in [3.63, 3.8) is 0 Å². The Hall–Kier alpha value is -2.39. The molecule has 7 nitrogen and oxygen atoms in total. The number of aromatic nitrogens is 2. The number of carbonyl (C=O) groups is 2. The van der Waals surface area contributed by atoms with Crippen LogP contribution < -0.4 is 10.6 Å². The molecule has 3 rings (SSSR count). The van der Waals surface area contributed by atoms with E-state index in [1.54, 1.807) is 0 Å². The van der Waals surface area contributed by atoms with Crippen LogP contribution >= 0.6 is 11.3 Å². The van der Waals surface area contributed by atoms with E-state index in [0.29, 0.717) is 12.2 Å². The number of benzene rings is 1. The Morgan fingerprint density at radius 3 is 2.40 bits per heavy atom. The number of carbonyl (C=O) groups excluding carboxylic acids is 2. The molecule has 2 amide bonds. The van der Waals surface area contributed by atoms with Crippen LogP contribution in [0.4, 0.5) is 10.1 Å². The van der Waals surface area contributed by atoms with Crippen molar-refractivity contribution in [2.75, 3.05) is 31.5 Å². The Balaban J connectivity index is 1.51. The van der Waals surface area contributed by atoms with Crippen molar-refractivity contribution < 1.29 is 14.0 Å². The van der Waals surface area contributed by atoms with E-state index in [2.05, 4.69) is 25.7 Å². The Morgan fingerprint density at radius 2 is 1.72 bits per heavy atom. The van der Waals surface area contributed by atoms with Crippen LogP contribution in [-0.2, 0) is 0 Å². The van der Waals surface area contributed by atoms with Gasteiger partial charge in [-0.05, 0) is 50.2 Å². The minimum Gasteiger partial charge on any atom is -0.349 e. The highest BCUT2D eigenvalue weighted by Crippen LogP contribution is 2.14. The number of likely N-dealkylation sites (tertiary alicyclic amines) is 1. The van der Waals surface area contributed by atoms with Gasteiger partial charge in [-0.25, -0.2) is 4.39 Å². The molecular formula is C16H18FN5O2S. The van der Waals surface area contributed by atoms with Gasteiger partial charge in [0.05, 0.1) is 0 Å². The summed E-state index contributed by atoms with van der Waals surface area (Å²) in [5, 5.41) is 13.1. The maximum absolute atomic E-state index is 12.9. The molecule has 0 atom stereocenters. The van der Waals surface area contributed by atoms with E-state index in [1.807, 2.05) is 0 Å². The van der Waals surface area contributed by atoms with Crippen LogP contribution in [0, 0.1) is 5.82 Å². The van der Waals surface area contributed by atoms with Gasteiger partial charge in [0.25, 0.3) is 11.8 Å². The number of halogens is 1. The molecule has 0 spiro atoms. The van der Waals surface area contributed by atoms with Crippen LogP contribution in [-0.4, -0.2) is 53.1 Å². The lowest BCUT2D eigenvalue weighted by molar-refractivity contribution is 0.0947. The maximum Gasteiger partial charge on any atom is 0.286 e. The van der Waals surface area contributed by atoms with Crippen molar-refractivity contribution >= 4 is 28.8 Å². The van der Waals surface area contributed by atoms with Gasteiger partial charge < -0.3 is 15.5 Å². The predicted octanol–water partition coefficient (Wildman–Crippen LogP) is 1.76. The molecule has 2 N–H and O–H groups in total. The molecule has 2 aromatic rings. The number of hydrogen-bond donors (Lipinski definition) is 2. The fourth-order valence-electron chi connectivity index (χ4n) is 2.53. The first-order valence-electron chi connectivity index (χ1n) is 8.03. The number of amides is 2. The van der Waals surface area contributed by atoms with Crippen LogP contribution in [0.5, 0.6) is 0 Å². The summed E-state index contributed by atoms with van der Waals surface area (Å²) in [4.78, 5) is 26.4. The second-order valence-electron chi connectivity index (χ2n) is 5.68. The van der Waals surface area contributed by atoms with Gasteiger partial charge in [0.1, 0.15) is 5.82 Å². The number of anilines is 1. The number of hydrogen-bond acceptors (Lipinski definition) is 6. The predicted molar refractivity (Wildman–Crippen MR) is 92.3 cm³/mol. The second-order valence-corrected chi connectivity index (χ2v) is 6.66. The summed E-state index contributed by atoms with van der Waals surface area (Å²) in [6, 6.07) is 5.38. The Labute approximate surface area is 148 Å². The first-order valence-corrected chi connectivity index (χ1v) is 8.84. The third kappa shape index (κ3) is 4.80. The van der Waals surface area contributed by atoms with Crippen LogP contribution in [0.3, 0.4) is 0 Å². The Morgan fingerprint density at radius 1 is 1.08 bits per heavy atom. The second kappa shape index (κ2) is 8.13. The average Bonchev–Trinajstić information content (AvgIpc) is 3.28. The lowest BCUT2D eigenvalue weighted by Gasteiger charge is -2.13. The van der Waals surface area contributed by atoms with Crippen LogP contribution in [0.15, 0.2) is 24.3 Å². The summed E-state index contributed by atoms with van der Waals surface area (Å²) in [5.41, 5.74) is 0.443. The number of nitrogens with one attached hydrogen (secondary N) is 2. The molecule has 1 aliphatic rings. The van der Waals surface area contributed by atoms with Crippen LogP contribution in [0.2, 0.25) is 0 Å². The van der Waals surface area contributed by atoms with Crippen molar-refractivity contribution in [3.8, 4) is 0 Å². The summed E-state index contributed by atoms with van der Waals surface area (Å²) in [5.74, 6) is -1.21. The smallest absolute Gasteiger partial charge is 0.286 e. The third-order valence-corrected chi connectivity index (χ3v) is 4.75. The first kappa shape index (κ1) is 17.4. The molecule has 1 aliphatic heterocycles. The van der Waals surface area contributed by atoms with E-state index in [1.165, 1.54) is 37.1 Å². The van der Waals surface area contributed by atoms with Gasteiger partial charge in [0, 0.05) is 18.8 Å². The summed E-state index contributed by atoms with van der Waals surface area (Å²) in [7, 11) is 0. The van der Waals surface area contributed by atoms with Crippen molar-refractivity contribution in [1.82, 2.24) is 20.4 Å². The topological polar surface area (TPSA) is 87.2 Å². The molecule has 25 heavy (non-hydrogen) atoms. The van der Waals surface area contributed by atoms with Gasteiger partial charge in [-0.1, -0.05) is 11.3 Å². The zero-order valence-corrected chi connectivity index (χ0v) is 14.3. The molecule has 0 saturated carbocycles. The zero-order chi connectivity index (χ0) is 17.6. The highest BCUT2D eigenvalue weighted by atomic mass is 32.1. The van der Waals surface area contributed by atoms with Crippen molar-refractivity contribution in [2.24, 2.45) is 0 Å². The van der Waals surface area contributed by atoms with E-state index >= 15 is 0 Å². The van der Waals surface area contributed by atoms with Crippen molar-refractivity contribution in [2.45, 2.75) is 12.8 Å². The number of rotatable bonds is 6. The average molecular weight is 363 g/mol. The van der Waals surface area contributed by atoms with E-state index in [4.69, 9.17) is 0 Å². The van der Waals surface area contributed by atoms with E-state index in [0.717, 1.165) is 31.0 Å². The molecule has 1 aromatic heterocycles. The van der Waals surface area contributed by atoms with Gasteiger partial charge in [-0.15, -0.1) is 10.2 Å². The SMILES string of the molecule is O=C(NCCN1CCCC1)c1nnc(C(=O)Nc2ccc(F)cc2)s1. The van der Waals surface area contributed by atoms with Crippen LogP contribution in [0.1, 0.15) is 32.4 Å². The van der Waals surface area contributed by atoms with Gasteiger partial charge in [0.2, 0.25) is 10.0 Å². The first-order chi connectivity index (χ1) is 12.1. The molecule has 9 heteroatoms. The molecule has 2 heterocycles. The maximum atomic E-state index is 12.9. The third-order valence-electron chi connectivity index (χ3n) is 3.83. The summed E-state index contributed by atoms with van der Waals surface area (Å²) < 4.78 is 12.9.